The number of hydrogen-bond acceptors (Lipinski definition) is 2. The van der Waals surface area contributed by atoms with E-state index in [2.05, 4.69) is 72.5 Å². The highest BCUT2D eigenvalue weighted by Crippen LogP contribution is 2.48. The molecule has 0 bridgehead atoms. The van der Waals surface area contributed by atoms with Gasteiger partial charge >= 0.3 is 5.97 Å². The van der Waals surface area contributed by atoms with Crippen LogP contribution in [0.2, 0.25) is 0 Å². The van der Waals surface area contributed by atoms with Crippen molar-refractivity contribution in [2.24, 2.45) is 0 Å². The maximum Gasteiger partial charge on any atom is 0.339 e. The minimum Gasteiger partial charge on any atom is -0.442 e. The van der Waals surface area contributed by atoms with Gasteiger partial charge in [0.05, 0.1) is 5.56 Å². The highest BCUT2D eigenvalue weighted by Gasteiger charge is 2.36. The van der Waals surface area contributed by atoms with Crippen LogP contribution in [-0.4, -0.2) is 11.6 Å². The van der Waals surface area contributed by atoms with Crippen molar-refractivity contribution in [3.8, 4) is 16.7 Å². The summed E-state index contributed by atoms with van der Waals surface area (Å²) in [5, 5.41) is 2.60. The molecule has 35 heavy (non-hydrogen) atoms. The lowest BCUT2D eigenvalue weighted by atomic mass is 10.0. The first-order valence-electron chi connectivity index (χ1n) is 12.1. The van der Waals surface area contributed by atoms with Crippen molar-refractivity contribution in [3.05, 3.63) is 114 Å². The van der Waals surface area contributed by atoms with E-state index in [1.165, 1.54) is 25.1 Å². The van der Waals surface area contributed by atoms with Crippen molar-refractivity contribution < 1.29 is 9.53 Å². The van der Waals surface area contributed by atoms with Gasteiger partial charge in [0.1, 0.15) is 0 Å². The van der Waals surface area contributed by atoms with Crippen LogP contribution in [0.5, 0.6) is 0 Å². The number of benzene rings is 4. The van der Waals surface area contributed by atoms with Crippen LogP contribution in [0.3, 0.4) is 0 Å². The number of hydrogen-bond donors (Lipinski definition) is 0. The SMILES string of the molecule is O=C(OC1(C#Cc2ccccc2)CCCC1)c1ccc(-[s+]2c3ccccc3c3ccccc32)cc1. The van der Waals surface area contributed by atoms with Crippen LogP contribution in [0.1, 0.15) is 41.6 Å². The molecule has 1 saturated carbocycles. The predicted molar refractivity (Wildman–Crippen MR) is 145 cm³/mol. The van der Waals surface area contributed by atoms with Gasteiger partial charge in [-0.1, -0.05) is 48.4 Å². The van der Waals surface area contributed by atoms with Gasteiger partial charge in [0.15, 0.2) is 19.9 Å². The number of esters is 1. The fourth-order valence-electron chi connectivity index (χ4n) is 4.98. The molecule has 0 atom stereocenters. The Morgan fingerprint density at radius 3 is 1.91 bits per heavy atom. The highest BCUT2D eigenvalue weighted by atomic mass is 32.2. The van der Waals surface area contributed by atoms with Gasteiger partial charge in [-0.15, -0.1) is 0 Å². The van der Waals surface area contributed by atoms with E-state index in [1.54, 1.807) is 0 Å². The summed E-state index contributed by atoms with van der Waals surface area (Å²) in [6, 6.07) is 35.1. The third-order valence-electron chi connectivity index (χ3n) is 6.74. The maximum atomic E-state index is 13.2. The van der Waals surface area contributed by atoms with Crippen LogP contribution in [0.25, 0.3) is 25.1 Å². The van der Waals surface area contributed by atoms with Crippen molar-refractivity contribution in [1.29, 1.82) is 0 Å². The number of rotatable bonds is 3. The Kier molecular flexibility index (Phi) is 5.60. The van der Waals surface area contributed by atoms with E-state index in [0.717, 1.165) is 31.2 Å². The number of carbonyl (C=O) groups is 1. The summed E-state index contributed by atoms with van der Waals surface area (Å²) >= 11 is 0. The average molecular weight is 474 g/mol. The van der Waals surface area contributed by atoms with Gasteiger partial charge in [-0.2, -0.15) is 0 Å². The van der Waals surface area contributed by atoms with Gasteiger partial charge < -0.3 is 4.74 Å². The topological polar surface area (TPSA) is 26.3 Å². The van der Waals surface area contributed by atoms with Crippen LogP contribution in [-0.2, 0) is 4.74 Å². The molecule has 2 nitrogen and oxygen atoms in total. The van der Waals surface area contributed by atoms with Crippen LogP contribution in [0, 0.1) is 11.8 Å². The summed E-state index contributed by atoms with van der Waals surface area (Å²) in [5.74, 6) is 6.23. The molecule has 0 saturated heterocycles. The first-order chi connectivity index (χ1) is 17.2. The molecule has 4 aromatic carbocycles. The molecule has 1 aromatic heterocycles. The van der Waals surface area contributed by atoms with Gasteiger partial charge in [-0.3, -0.25) is 0 Å². The fourth-order valence-corrected chi connectivity index (χ4v) is 7.35. The lowest BCUT2D eigenvalue weighted by Gasteiger charge is -2.23. The lowest BCUT2D eigenvalue weighted by molar-refractivity contribution is 0.0103. The Labute approximate surface area is 208 Å². The smallest absolute Gasteiger partial charge is 0.339 e. The molecule has 1 aliphatic rings. The second-order valence-corrected chi connectivity index (χ2v) is 11.0. The quantitative estimate of drug-likeness (QED) is 0.150. The Hall–Kier alpha value is -3.87. The number of thiophene rings is 1. The summed E-state index contributed by atoms with van der Waals surface area (Å²) in [5.41, 5.74) is 0.819. The van der Waals surface area contributed by atoms with E-state index in [4.69, 9.17) is 4.74 Å². The summed E-state index contributed by atoms with van der Waals surface area (Å²) < 4.78 is 8.75. The van der Waals surface area contributed by atoms with Crippen LogP contribution < -0.4 is 0 Å². The maximum absolute atomic E-state index is 13.2. The second kappa shape index (κ2) is 9.06. The molecule has 5 aromatic rings. The van der Waals surface area contributed by atoms with Crippen LogP contribution >= 0.6 is 10.5 Å². The number of fused-ring (bicyclic) bond motifs is 3. The summed E-state index contributed by atoms with van der Waals surface area (Å²) in [6.07, 6.45) is 3.62. The van der Waals surface area contributed by atoms with Crippen molar-refractivity contribution in [3.63, 3.8) is 0 Å². The molecule has 1 aliphatic carbocycles. The second-order valence-electron chi connectivity index (χ2n) is 9.03. The molecule has 0 radical (unpaired) electrons. The van der Waals surface area contributed by atoms with Crippen molar-refractivity contribution in [1.82, 2.24) is 0 Å². The number of ether oxygens (including phenoxy) is 1. The molecule has 0 N–H and O–H groups in total. The third kappa shape index (κ3) is 4.11. The molecular formula is C32H25O2S+. The van der Waals surface area contributed by atoms with Gasteiger partial charge in [0, 0.05) is 26.8 Å². The van der Waals surface area contributed by atoms with Gasteiger partial charge in [-0.25, -0.2) is 4.79 Å². The Bertz CT molecular complexity index is 1520. The monoisotopic (exact) mass is 473 g/mol. The molecule has 0 aliphatic heterocycles. The predicted octanol–water partition coefficient (Wildman–Crippen LogP) is 8.25. The minimum atomic E-state index is -0.698. The first-order valence-corrected chi connectivity index (χ1v) is 13.3. The van der Waals surface area contributed by atoms with E-state index in [1.807, 2.05) is 42.5 Å². The van der Waals surface area contributed by atoms with Gasteiger partial charge in [0.25, 0.3) is 0 Å². The average Bonchev–Trinajstić information content (AvgIpc) is 3.51. The van der Waals surface area contributed by atoms with E-state index < -0.39 is 5.60 Å². The van der Waals surface area contributed by atoms with Crippen LogP contribution in [0.4, 0.5) is 0 Å². The molecule has 6 rings (SSSR count). The molecular weight excluding hydrogens is 448 g/mol. The Morgan fingerprint density at radius 1 is 0.714 bits per heavy atom. The molecule has 1 heterocycles. The first kappa shape index (κ1) is 21.6. The van der Waals surface area contributed by atoms with Crippen molar-refractivity contribution in [2.75, 3.05) is 0 Å². The van der Waals surface area contributed by atoms with Crippen molar-refractivity contribution >= 4 is 36.6 Å². The summed E-state index contributed by atoms with van der Waals surface area (Å²) in [7, 11) is -0.173. The zero-order chi connectivity index (χ0) is 23.7. The molecule has 0 spiro atoms. The van der Waals surface area contributed by atoms with E-state index in [-0.39, 0.29) is 16.4 Å². The number of carbonyl (C=O) groups excluding carboxylic acids is 1. The van der Waals surface area contributed by atoms with E-state index >= 15 is 0 Å². The highest BCUT2D eigenvalue weighted by molar-refractivity contribution is 7.50. The summed E-state index contributed by atoms with van der Waals surface area (Å²) in [6.45, 7) is 0. The minimum absolute atomic E-state index is 0.173. The standard InChI is InChI=1S/C32H25O2S/c33-31(34-32(21-8-9-22-32)23-20-24-10-2-1-3-11-24)25-16-18-26(19-17-25)35-29-14-6-4-12-27(29)28-13-5-7-15-30(28)35/h1-7,10-19H,8-9,21-22H2/q+1. The van der Waals surface area contributed by atoms with E-state index in [9.17, 15) is 4.79 Å². The third-order valence-corrected chi connectivity index (χ3v) is 9.07. The molecule has 170 valence electrons. The molecule has 0 amide bonds. The van der Waals surface area contributed by atoms with Gasteiger partial charge in [0.2, 0.25) is 0 Å². The largest absolute Gasteiger partial charge is 0.442 e. The Morgan fingerprint density at radius 2 is 1.29 bits per heavy atom. The van der Waals surface area contributed by atoms with Gasteiger partial charge in [-0.05, 0) is 92.3 Å². The zero-order valence-electron chi connectivity index (χ0n) is 19.4. The molecule has 3 heteroatoms. The van der Waals surface area contributed by atoms with Crippen LogP contribution in [0.15, 0.2) is 103 Å². The Balaban J connectivity index is 1.30. The molecule has 0 unspecified atom stereocenters. The summed E-state index contributed by atoms with van der Waals surface area (Å²) in [4.78, 5) is 14.4. The van der Waals surface area contributed by atoms with Crippen molar-refractivity contribution in [2.45, 2.75) is 31.3 Å². The lowest BCUT2D eigenvalue weighted by Crippen LogP contribution is -2.30. The normalized spacial score (nSPS) is 14.5. The van der Waals surface area contributed by atoms with E-state index in [0.29, 0.717) is 5.56 Å². The molecule has 1 fully saturated rings. The zero-order valence-corrected chi connectivity index (χ0v) is 20.2. The fraction of sp³-hybridized carbons (Fsp3) is 0.156.